The molecule has 0 saturated carbocycles. The zero-order valence-electron chi connectivity index (χ0n) is 10.0. The summed E-state index contributed by atoms with van der Waals surface area (Å²) in [5.74, 6) is 1.55. The summed E-state index contributed by atoms with van der Waals surface area (Å²) in [7, 11) is 0. The van der Waals surface area contributed by atoms with Crippen LogP contribution >= 0.6 is 0 Å². The lowest BCUT2D eigenvalue weighted by molar-refractivity contribution is 0.262. The molecule has 0 amide bonds. The molecule has 5 nitrogen and oxygen atoms in total. The molecule has 1 saturated heterocycles. The van der Waals surface area contributed by atoms with Crippen LogP contribution in [0.2, 0.25) is 0 Å². The van der Waals surface area contributed by atoms with E-state index in [-0.39, 0.29) is 0 Å². The van der Waals surface area contributed by atoms with Crippen LogP contribution in [0.1, 0.15) is 31.6 Å². The monoisotopic (exact) mass is 231 g/mol. The normalized spacial score (nSPS) is 21.4. The fourth-order valence-electron chi connectivity index (χ4n) is 2.58. The number of anilines is 1. The second kappa shape index (κ2) is 4.00. The first-order chi connectivity index (χ1) is 8.29. The summed E-state index contributed by atoms with van der Waals surface area (Å²) in [6, 6.07) is 6.06. The summed E-state index contributed by atoms with van der Waals surface area (Å²) < 4.78 is 1.72. The third kappa shape index (κ3) is 1.67. The van der Waals surface area contributed by atoms with E-state index in [1.165, 1.54) is 6.42 Å². The van der Waals surface area contributed by atoms with Crippen molar-refractivity contribution < 1.29 is 0 Å². The van der Waals surface area contributed by atoms with Gasteiger partial charge in [0.05, 0.1) is 6.04 Å². The summed E-state index contributed by atoms with van der Waals surface area (Å²) in [4.78, 5) is 7.01. The van der Waals surface area contributed by atoms with Crippen LogP contribution in [0.15, 0.2) is 18.2 Å². The van der Waals surface area contributed by atoms with Gasteiger partial charge in [-0.25, -0.2) is 4.98 Å². The molecule has 17 heavy (non-hydrogen) atoms. The van der Waals surface area contributed by atoms with Crippen LogP contribution in [-0.2, 0) is 0 Å². The van der Waals surface area contributed by atoms with Gasteiger partial charge in [0.1, 0.15) is 5.82 Å². The first-order valence-corrected chi connectivity index (χ1v) is 6.15. The number of fused-ring (bicyclic) bond motifs is 1. The number of hydrogen-bond donors (Lipinski definition) is 1. The lowest BCUT2D eigenvalue weighted by Crippen LogP contribution is -2.23. The molecule has 1 fully saturated rings. The van der Waals surface area contributed by atoms with Crippen LogP contribution in [0.4, 0.5) is 5.82 Å². The number of nitrogens with two attached hydrogens (primary N) is 1. The molecule has 3 heterocycles. The summed E-state index contributed by atoms with van der Waals surface area (Å²) in [6.07, 6.45) is 2.37. The Balaban J connectivity index is 2.03. The highest BCUT2D eigenvalue weighted by Gasteiger charge is 2.28. The van der Waals surface area contributed by atoms with Crippen molar-refractivity contribution >= 4 is 11.5 Å². The zero-order valence-corrected chi connectivity index (χ0v) is 10.0. The van der Waals surface area contributed by atoms with E-state index in [2.05, 4.69) is 21.9 Å². The van der Waals surface area contributed by atoms with E-state index in [0.717, 1.165) is 31.0 Å². The maximum absolute atomic E-state index is 5.88. The summed E-state index contributed by atoms with van der Waals surface area (Å²) in [5.41, 5.74) is 6.72. The van der Waals surface area contributed by atoms with Crippen molar-refractivity contribution in [1.82, 2.24) is 19.5 Å². The second-order valence-corrected chi connectivity index (χ2v) is 4.48. The first kappa shape index (κ1) is 10.5. The molecule has 0 spiro atoms. The minimum absolute atomic E-state index is 0.360. The minimum Gasteiger partial charge on any atom is -0.384 e. The predicted octanol–water partition coefficient (Wildman–Crippen LogP) is 1.47. The third-order valence-corrected chi connectivity index (χ3v) is 3.47. The molecule has 90 valence electrons. The van der Waals surface area contributed by atoms with Crippen molar-refractivity contribution in [3.8, 4) is 0 Å². The number of hydrogen-bond acceptors (Lipinski definition) is 4. The van der Waals surface area contributed by atoms with E-state index in [1.807, 2.05) is 18.2 Å². The highest BCUT2D eigenvalue weighted by Crippen LogP contribution is 2.29. The second-order valence-electron chi connectivity index (χ2n) is 4.48. The molecule has 5 heteroatoms. The van der Waals surface area contributed by atoms with Crippen LogP contribution in [0, 0.1) is 0 Å². The largest absolute Gasteiger partial charge is 0.384 e. The first-order valence-electron chi connectivity index (χ1n) is 6.15. The Morgan fingerprint density at radius 1 is 1.47 bits per heavy atom. The molecular formula is C12H17N5. The van der Waals surface area contributed by atoms with Gasteiger partial charge in [-0.05, 0) is 38.1 Å². The number of likely N-dealkylation sites (tertiary alicyclic amines) is 1. The number of pyridine rings is 1. The molecule has 2 N–H and O–H groups in total. The van der Waals surface area contributed by atoms with Gasteiger partial charge in [-0.1, -0.05) is 13.0 Å². The lowest BCUT2D eigenvalue weighted by atomic mass is 10.2. The van der Waals surface area contributed by atoms with E-state index in [1.54, 1.807) is 4.52 Å². The highest BCUT2D eigenvalue weighted by atomic mass is 15.3. The number of rotatable bonds is 2. The maximum atomic E-state index is 5.88. The zero-order chi connectivity index (χ0) is 11.8. The Hall–Kier alpha value is -1.62. The molecule has 2 aromatic rings. The molecule has 1 aliphatic heterocycles. The van der Waals surface area contributed by atoms with E-state index < -0.39 is 0 Å². The van der Waals surface area contributed by atoms with Gasteiger partial charge >= 0.3 is 0 Å². The van der Waals surface area contributed by atoms with E-state index in [0.29, 0.717) is 11.9 Å². The number of nitrogens with zero attached hydrogens (tertiary/aromatic N) is 4. The standard InChI is InChI=1S/C12H17N5/c1-2-16-8-4-5-9(16)12-14-11-7-3-6-10(13)17(11)15-12/h3,6-7,9H,2,4-5,8,13H2,1H3. The van der Waals surface area contributed by atoms with Crippen LogP contribution in [-0.4, -0.2) is 32.6 Å². The SMILES string of the molecule is CCN1CCCC1c1nc2cccc(N)n2n1. The third-order valence-electron chi connectivity index (χ3n) is 3.47. The molecule has 0 bridgehead atoms. The molecule has 1 unspecified atom stereocenters. The van der Waals surface area contributed by atoms with Gasteiger partial charge in [0.2, 0.25) is 0 Å². The van der Waals surface area contributed by atoms with Crippen LogP contribution in [0.25, 0.3) is 5.65 Å². The van der Waals surface area contributed by atoms with E-state index in [4.69, 9.17) is 5.73 Å². The van der Waals surface area contributed by atoms with Crippen molar-refractivity contribution in [1.29, 1.82) is 0 Å². The quantitative estimate of drug-likeness (QED) is 0.850. The maximum Gasteiger partial charge on any atom is 0.168 e. The van der Waals surface area contributed by atoms with Gasteiger partial charge in [-0.3, -0.25) is 4.90 Å². The van der Waals surface area contributed by atoms with Gasteiger partial charge in [-0.2, -0.15) is 4.52 Å². The molecule has 3 rings (SSSR count). The number of aromatic nitrogens is 3. The Morgan fingerprint density at radius 2 is 2.35 bits per heavy atom. The molecule has 0 radical (unpaired) electrons. The van der Waals surface area contributed by atoms with Crippen molar-refractivity contribution in [2.45, 2.75) is 25.8 Å². The average molecular weight is 231 g/mol. The van der Waals surface area contributed by atoms with Crippen molar-refractivity contribution in [3.63, 3.8) is 0 Å². The molecular weight excluding hydrogens is 214 g/mol. The number of nitrogen functional groups attached to an aromatic ring is 1. The molecule has 0 aliphatic carbocycles. The van der Waals surface area contributed by atoms with Gasteiger partial charge in [-0.15, -0.1) is 5.10 Å². The van der Waals surface area contributed by atoms with Gasteiger partial charge in [0, 0.05) is 0 Å². The Labute approximate surface area is 100 Å². The van der Waals surface area contributed by atoms with Crippen molar-refractivity contribution in [2.24, 2.45) is 0 Å². The summed E-state index contributed by atoms with van der Waals surface area (Å²) in [6.45, 7) is 4.38. The lowest BCUT2D eigenvalue weighted by Gasteiger charge is -2.19. The van der Waals surface area contributed by atoms with Crippen LogP contribution in [0.3, 0.4) is 0 Å². The average Bonchev–Trinajstić information content (AvgIpc) is 2.94. The fraction of sp³-hybridized carbons (Fsp3) is 0.500. The summed E-state index contributed by atoms with van der Waals surface area (Å²) in [5, 5.41) is 4.53. The van der Waals surface area contributed by atoms with Crippen molar-refractivity contribution in [2.75, 3.05) is 18.8 Å². The predicted molar refractivity (Wildman–Crippen MR) is 66.6 cm³/mol. The van der Waals surface area contributed by atoms with E-state index in [9.17, 15) is 0 Å². The molecule has 0 aromatic carbocycles. The molecule has 1 atom stereocenters. The Kier molecular flexibility index (Phi) is 2.48. The van der Waals surface area contributed by atoms with Crippen LogP contribution < -0.4 is 5.73 Å². The van der Waals surface area contributed by atoms with Gasteiger partial charge < -0.3 is 5.73 Å². The van der Waals surface area contributed by atoms with Gasteiger partial charge in [0.25, 0.3) is 0 Å². The minimum atomic E-state index is 0.360. The van der Waals surface area contributed by atoms with Crippen molar-refractivity contribution in [3.05, 3.63) is 24.0 Å². The topological polar surface area (TPSA) is 59.5 Å². The smallest absolute Gasteiger partial charge is 0.168 e. The van der Waals surface area contributed by atoms with Gasteiger partial charge in [0.15, 0.2) is 11.5 Å². The van der Waals surface area contributed by atoms with E-state index >= 15 is 0 Å². The Bertz CT molecular complexity index is 533. The van der Waals surface area contributed by atoms with Crippen LogP contribution in [0.5, 0.6) is 0 Å². The fourth-order valence-corrected chi connectivity index (χ4v) is 2.58. The summed E-state index contributed by atoms with van der Waals surface area (Å²) >= 11 is 0. The highest BCUT2D eigenvalue weighted by molar-refractivity contribution is 5.46. The Morgan fingerprint density at radius 3 is 3.12 bits per heavy atom. The molecule has 1 aliphatic rings. The molecule has 2 aromatic heterocycles.